The summed E-state index contributed by atoms with van der Waals surface area (Å²) >= 11 is 0. The second-order valence-electron chi connectivity index (χ2n) is 10.4. The van der Waals surface area contributed by atoms with Crippen LogP contribution in [0.25, 0.3) is 0 Å². The number of benzene rings is 4. The first-order valence-corrected chi connectivity index (χ1v) is 14.0. The molecule has 5 rings (SSSR count). The molecule has 0 spiro atoms. The number of hydrogen-bond acceptors (Lipinski definition) is 5. The average Bonchev–Trinajstić information content (AvgIpc) is 3.01. The third-order valence-electron chi connectivity index (χ3n) is 7.51. The Hall–Kier alpha value is -3.32. The summed E-state index contributed by atoms with van der Waals surface area (Å²) in [6.07, 6.45) is -2.83. The number of aliphatic hydroxyl groups excluding tert-OH is 1. The van der Waals surface area contributed by atoms with Gasteiger partial charge in [0, 0.05) is 5.92 Å². The third kappa shape index (κ3) is 7.45. The van der Waals surface area contributed by atoms with Gasteiger partial charge in [-0.2, -0.15) is 0 Å². The molecule has 0 amide bonds. The Bertz CT molecular complexity index is 1150. The first-order valence-electron chi connectivity index (χ1n) is 14.0. The highest BCUT2D eigenvalue weighted by atomic mass is 16.6. The van der Waals surface area contributed by atoms with Gasteiger partial charge in [-0.25, -0.2) is 0 Å². The predicted octanol–water partition coefficient (Wildman–Crippen LogP) is 6.34. The minimum absolute atomic E-state index is 0.248. The fourth-order valence-corrected chi connectivity index (χ4v) is 5.25. The van der Waals surface area contributed by atoms with Gasteiger partial charge in [-0.05, 0) is 22.3 Å². The quantitative estimate of drug-likeness (QED) is 0.228. The number of rotatable bonds is 12. The monoisotopic (exact) mass is 538 g/mol. The minimum atomic E-state index is -0.804. The number of ether oxygens (including phenoxy) is 4. The minimum Gasteiger partial charge on any atom is -0.390 e. The SMILES string of the molecule is C[C@@H]1C(OCc2ccccc2)[C@H](OCc2ccccc2)C(OCc2ccccc2)C(OCc2ccccc2)[C@@H]1O. The molecular formula is C35H38O5. The molecular weight excluding hydrogens is 500 g/mol. The van der Waals surface area contributed by atoms with E-state index in [9.17, 15) is 5.11 Å². The lowest BCUT2D eigenvalue weighted by Crippen LogP contribution is -2.63. The largest absolute Gasteiger partial charge is 0.390 e. The molecule has 5 heteroatoms. The van der Waals surface area contributed by atoms with Gasteiger partial charge in [-0.3, -0.25) is 0 Å². The highest BCUT2D eigenvalue weighted by Crippen LogP contribution is 2.35. The Labute approximate surface area is 237 Å². The average molecular weight is 539 g/mol. The Morgan fingerprint density at radius 3 is 1.05 bits per heavy atom. The van der Waals surface area contributed by atoms with Crippen molar-refractivity contribution in [2.24, 2.45) is 5.92 Å². The zero-order valence-electron chi connectivity index (χ0n) is 22.9. The highest BCUT2D eigenvalue weighted by molar-refractivity contribution is 5.17. The molecule has 1 aliphatic carbocycles. The number of hydrogen-bond donors (Lipinski definition) is 1. The number of aliphatic hydroxyl groups is 1. The Kier molecular flexibility index (Phi) is 10.1. The fourth-order valence-electron chi connectivity index (χ4n) is 5.25. The van der Waals surface area contributed by atoms with Gasteiger partial charge < -0.3 is 24.1 Å². The first kappa shape index (κ1) is 28.2. The van der Waals surface area contributed by atoms with Crippen LogP contribution in [0.4, 0.5) is 0 Å². The van der Waals surface area contributed by atoms with Gasteiger partial charge in [0.15, 0.2) is 0 Å². The molecule has 0 bridgehead atoms. The summed E-state index contributed by atoms with van der Waals surface area (Å²) in [6, 6.07) is 40.2. The van der Waals surface area contributed by atoms with Crippen LogP contribution in [0, 0.1) is 5.92 Å². The predicted molar refractivity (Wildman–Crippen MR) is 155 cm³/mol. The van der Waals surface area contributed by atoms with E-state index < -0.39 is 30.5 Å². The van der Waals surface area contributed by atoms with Gasteiger partial charge >= 0.3 is 0 Å². The maximum absolute atomic E-state index is 11.6. The van der Waals surface area contributed by atoms with Crippen LogP contribution in [0.1, 0.15) is 29.2 Å². The molecule has 0 heterocycles. The molecule has 208 valence electrons. The smallest absolute Gasteiger partial charge is 0.115 e. The lowest BCUT2D eigenvalue weighted by atomic mass is 9.78. The van der Waals surface area contributed by atoms with Gasteiger partial charge in [0.2, 0.25) is 0 Å². The molecule has 5 nitrogen and oxygen atoms in total. The molecule has 6 atom stereocenters. The van der Waals surface area contributed by atoms with Crippen molar-refractivity contribution < 1.29 is 24.1 Å². The van der Waals surface area contributed by atoms with Crippen LogP contribution in [0.5, 0.6) is 0 Å². The maximum atomic E-state index is 11.6. The van der Waals surface area contributed by atoms with Crippen LogP contribution in [0.2, 0.25) is 0 Å². The topological polar surface area (TPSA) is 57.2 Å². The summed E-state index contributed by atoms with van der Waals surface area (Å²) in [6.45, 7) is 3.55. The van der Waals surface area contributed by atoms with E-state index in [1.807, 2.05) is 128 Å². The molecule has 1 aliphatic rings. The van der Waals surface area contributed by atoms with Gasteiger partial charge in [0.05, 0.1) is 38.6 Å². The van der Waals surface area contributed by atoms with Gasteiger partial charge in [-0.1, -0.05) is 128 Å². The summed E-state index contributed by atoms with van der Waals surface area (Å²) in [5.41, 5.74) is 4.20. The van der Waals surface area contributed by atoms with E-state index in [1.165, 1.54) is 0 Å². The van der Waals surface area contributed by atoms with Crippen LogP contribution in [-0.2, 0) is 45.4 Å². The Morgan fingerprint density at radius 2 is 0.700 bits per heavy atom. The summed E-state index contributed by atoms with van der Waals surface area (Å²) in [7, 11) is 0. The van der Waals surface area contributed by atoms with E-state index in [2.05, 4.69) is 0 Å². The second kappa shape index (κ2) is 14.4. The van der Waals surface area contributed by atoms with Crippen LogP contribution in [-0.4, -0.2) is 35.6 Å². The van der Waals surface area contributed by atoms with Crippen molar-refractivity contribution in [3.8, 4) is 0 Å². The molecule has 4 aromatic rings. The van der Waals surface area contributed by atoms with Crippen molar-refractivity contribution in [3.63, 3.8) is 0 Å². The van der Waals surface area contributed by atoms with Crippen molar-refractivity contribution >= 4 is 0 Å². The van der Waals surface area contributed by atoms with Crippen LogP contribution < -0.4 is 0 Å². The second-order valence-corrected chi connectivity index (χ2v) is 10.4. The zero-order valence-corrected chi connectivity index (χ0v) is 22.9. The van der Waals surface area contributed by atoms with Gasteiger partial charge in [0.25, 0.3) is 0 Å². The van der Waals surface area contributed by atoms with Crippen molar-refractivity contribution in [1.82, 2.24) is 0 Å². The van der Waals surface area contributed by atoms with Gasteiger partial charge in [-0.15, -0.1) is 0 Å². The standard InChI is InChI=1S/C35H38O5/c1-26-31(36)33(38-23-28-16-8-3-9-17-28)35(40-25-30-20-12-5-13-21-30)34(39-24-29-18-10-4-11-19-29)32(26)37-22-27-14-6-2-7-15-27/h2-21,26,31-36H,22-25H2,1H3/t26-,31+,32?,33?,34-,35?/m0/s1. The summed E-state index contributed by atoms with van der Waals surface area (Å²) in [4.78, 5) is 0. The summed E-state index contributed by atoms with van der Waals surface area (Å²) in [5.74, 6) is -0.248. The van der Waals surface area contributed by atoms with E-state index in [-0.39, 0.29) is 5.92 Å². The molecule has 1 fully saturated rings. The normalized spacial score (nSPS) is 24.6. The van der Waals surface area contributed by atoms with Crippen LogP contribution >= 0.6 is 0 Å². The highest BCUT2D eigenvalue weighted by Gasteiger charge is 2.51. The van der Waals surface area contributed by atoms with E-state index in [0.29, 0.717) is 26.4 Å². The first-order chi connectivity index (χ1) is 19.7. The summed E-state index contributed by atoms with van der Waals surface area (Å²) in [5, 5.41) is 11.6. The molecule has 1 N–H and O–H groups in total. The molecule has 1 saturated carbocycles. The molecule has 0 saturated heterocycles. The van der Waals surface area contributed by atoms with Crippen molar-refractivity contribution in [2.75, 3.05) is 0 Å². The molecule has 4 aromatic carbocycles. The zero-order chi connectivity index (χ0) is 27.6. The summed E-state index contributed by atoms with van der Waals surface area (Å²) < 4.78 is 26.2. The van der Waals surface area contributed by atoms with E-state index in [4.69, 9.17) is 18.9 Å². The van der Waals surface area contributed by atoms with Crippen molar-refractivity contribution in [3.05, 3.63) is 144 Å². The van der Waals surface area contributed by atoms with Crippen LogP contribution in [0.15, 0.2) is 121 Å². The van der Waals surface area contributed by atoms with Crippen LogP contribution in [0.3, 0.4) is 0 Å². The molecule has 0 aromatic heterocycles. The van der Waals surface area contributed by atoms with Gasteiger partial charge in [0.1, 0.15) is 18.3 Å². The molecule has 0 radical (unpaired) electrons. The molecule has 40 heavy (non-hydrogen) atoms. The fraction of sp³-hybridized carbons (Fsp3) is 0.314. The maximum Gasteiger partial charge on any atom is 0.115 e. The molecule has 3 unspecified atom stereocenters. The van der Waals surface area contributed by atoms with Crippen molar-refractivity contribution in [2.45, 2.75) is 63.9 Å². The van der Waals surface area contributed by atoms with Crippen molar-refractivity contribution in [1.29, 1.82) is 0 Å². The Morgan fingerprint density at radius 1 is 0.425 bits per heavy atom. The van der Waals surface area contributed by atoms with E-state index in [1.54, 1.807) is 0 Å². The van der Waals surface area contributed by atoms with E-state index in [0.717, 1.165) is 22.3 Å². The molecule has 0 aliphatic heterocycles. The third-order valence-corrected chi connectivity index (χ3v) is 7.51. The van der Waals surface area contributed by atoms with E-state index >= 15 is 0 Å². The Balaban J connectivity index is 1.42. The lowest BCUT2D eigenvalue weighted by Gasteiger charge is -2.48. The lowest BCUT2D eigenvalue weighted by molar-refractivity contribution is -0.258.